The molecule has 2 heterocycles. The van der Waals surface area contributed by atoms with E-state index >= 15 is 0 Å². The van der Waals surface area contributed by atoms with Gasteiger partial charge >= 0.3 is 0 Å². The van der Waals surface area contributed by atoms with E-state index in [0.717, 1.165) is 40.1 Å². The number of rotatable bonds is 5. The average molecular weight is 406 g/mol. The Morgan fingerprint density at radius 2 is 0.935 bits per heavy atom. The highest BCUT2D eigenvalue weighted by Gasteiger charge is 2.20. The first kappa shape index (κ1) is 18.9. The van der Waals surface area contributed by atoms with Gasteiger partial charge in [0.15, 0.2) is 11.6 Å². The van der Waals surface area contributed by atoms with E-state index in [9.17, 15) is 0 Å². The third-order valence-corrected chi connectivity index (χ3v) is 5.22. The Kier molecular flexibility index (Phi) is 4.84. The monoisotopic (exact) mass is 405 g/mol. The molecule has 0 saturated heterocycles. The van der Waals surface area contributed by atoms with Crippen LogP contribution in [-0.2, 0) is 0 Å². The zero-order valence-electron chi connectivity index (χ0n) is 17.6. The zero-order chi connectivity index (χ0) is 21.2. The van der Waals surface area contributed by atoms with E-state index in [2.05, 4.69) is 67.3 Å². The predicted octanol–water partition coefficient (Wildman–Crippen LogP) is 6.14. The van der Waals surface area contributed by atoms with Gasteiger partial charge in [-0.3, -0.25) is 4.90 Å². The first-order valence-corrected chi connectivity index (χ1v) is 10.3. The van der Waals surface area contributed by atoms with Crippen molar-refractivity contribution in [1.29, 1.82) is 0 Å². The summed E-state index contributed by atoms with van der Waals surface area (Å²) in [5, 5.41) is 9.88. The summed E-state index contributed by atoms with van der Waals surface area (Å²) < 4.78 is 3.93. The molecule has 5 nitrogen and oxygen atoms in total. The second-order valence-corrected chi connectivity index (χ2v) is 7.45. The molecule has 0 unspecified atom stereocenters. The van der Waals surface area contributed by atoms with Gasteiger partial charge in [-0.15, -0.1) is 10.2 Å². The SMILES string of the molecule is Cc1cc(N(c2ccccc2)c2cc(C)n(-c3ccccc3)n2)nn1-c1ccccc1. The zero-order valence-corrected chi connectivity index (χ0v) is 17.6. The van der Waals surface area contributed by atoms with Gasteiger partial charge in [0, 0.05) is 29.2 Å². The van der Waals surface area contributed by atoms with Crippen molar-refractivity contribution >= 4 is 17.3 Å². The quantitative estimate of drug-likeness (QED) is 0.352. The van der Waals surface area contributed by atoms with Gasteiger partial charge in [0.2, 0.25) is 0 Å². The Morgan fingerprint density at radius 1 is 0.548 bits per heavy atom. The minimum absolute atomic E-state index is 0.824. The van der Waals surface area contributed by atoms with E-state index in [4.69, 9.17) is 10.2 Å². The van der Waals surface area contributed by atoms with Crippen LogP contribution in [0.4, 0.5) is 17.3 Å². The van der Waals surface area contributed by atoms with Crippen molar-refractivity contribution in [3.8, 4) is 11.4 Å². The molecular formula is C26H23N5. The Balaban J connectivity index is 1.64. The summed E-state index contributed by atoms with van der Waals surface area (Å²) in [6.07, 6.45) is 0. The lowest BCUT2D eigenvalue weighted by atomic mass is 10.2. The molecule has 0 bridgehead atoms. The first-order chi connectivity index (χ1) is 15.2. The molecular weight excluding hydrogens is 382 g/mol. The molecule has 0 N–H and O–H groups in total. The van der Waals surface area contributed by atoms with Crippen LogP contribution in [0.1, 0.15) is 11.4 Å². The molecule has 0 saturated carbocycles. The van der Waals surface area contributed by atoms with Crippen LogP contribution in [0.3, 0.4) is 0 Å². The van der Waals surface area contributed by atoms with Crippen molar-refractivity contribution in [2.75, 3.05) is 4.90 Å². The fourth-order valence-electron chi connectivity index (χ4n) is 3.75. The van der Waals surface area contributed by atoms with Gasteiger partial charge in [-0.25, -0.2) is 9.36 Å². The smallest absolute Gasteiger partial charge is 0.161 e. The molecule has 0 amide bonds. The number of hydrogen-bond acceptors (Lipinski definition) is 3. The molecule has 0 radical (unpaired) electrons. The van der Waals surface area contributed by atoms with Crippen LogP contribution in [0.25, 0.3) is 11.4 Å². The summed E-state index contributed by atoms with van der Waals surface area (Å²) in [7, 11) is 0. The molecule has 0 atom stereocenters. The number of nitrogens with zero attached hydrogens (tertiary/aromatic N) is 5. The molecule has 0 aliphatic heterocycles. The number of aryl methyl sites for hydroxylation is 2. The van der Waals surface area contributed by atoms with Crippen LogP contribution in [-0.4, -0.2) is 19.6 Å². The molecule has 5 heteroatoms. The van der Waals surface area contributed by atoms with Crippen LogP contribution < -0.4 is 4.90 Å². The molecule has 5 rings (SSSR count). The molecule has 152 valence electrons. The largest absolute Gasteiger partial charge is 0.276 e. The molecule has 0 aliphatic rings. The summed E-state index contributed by atoms with van der Waals surface area (Å²) in [6, 6.07) is 34.8. The van der Waals surface area contributed by atoms with Crippen molar-refractivity contribution in [2.24, 2.45) is 0 Å². The summed E-state index contributed by atoms with van der Waals surface area (Å²) in [4.78, 5) is 2.10. The maximum atomic E-state index is 4.94. The van der Waals surface area contributed by atoms with Crippen molar-refractivity contribution < 1.29 is 0 Å². The van der Waals surface area contributed by atoms with Gasteiger partial charge in [-0.05, 0) is 50.2 Å². The minimum Gasteiger partial charge on any atom is -0.276 e. The van der Waals surface area contributed by atoms with Crippen LogP contribution in [0.5, 0.6) is 0 Å². The standard InChI is InChI=1S/C26H23N5/c1-20-18-25(27-30(20)23-14-8-4-9-15-23)29(22-12-6-3-7-13-22)26-19-21(2)31(28-26)24-16-10-5-11-17-24/h3-19H,1-2H3. The van der Waals surface area contributed by atoms with Gasteiger partial charge in [-0.1, -0.05) is 54.6 Å². The van der Waals surface area contributed by atoms with Crippen molar-refractivity contribution in [3.63, 3.8) is 0 Å². The second-order valence-electron chi connectivity index (χ2n) is 7.45. The molecule has 0 fully saturated rings. The average Bonchev–Trinajstić information content (AvgIpc) is 3.38. The molecule has 3 aromatic carbocycles. The van der Waals surface area contributed by atoms with Gasteiger partial charge in [0.05, 0.1) is 11.4 Å². The Labute approximate surface area is 181 Å². The number of benzene rings is 3. The summed E-state index contributed by atoms with van der Waals surface area (Å²) in [6.45, 7) is 4.14. The van der Waals surface area contributed by atoms with E-state index in [1.54, 1.807) is 0 Å². The summed E-state index contributed by atoms with van der Waals surface area (Å²) >= 11 is 0. The fraction of sp³-hybridized carbons (Fsp3) is 0.0769. The fourth-order valence-corrected chi connectivity index (χ4v) is 3.75. The predicted molar refractivity (Wildman–Crippen MR) is 125 cm³/mol. The van der Waals surface area contributed by atoms with Crippen molar-refractivity contribution in [1.82, 2.24) is 19.6 Å². The summed E-state index contributed by atoms with van der Waals surface area (Å²) in [5.41, 5.74) is 5.19. The van der Waals surface area contributed by atoms with Gasteiger partial charge in [0.1, 0.15) is 0 Å². The van der Waals surface area contributed by atoms with E-state index in [0.29, 0.717) is 0 Å². The van der Waals surface area contributed by atoms with E-state index in [-0.39, 0.29) is 0 Å². The van der Waals surface area contributed by atoms with Crippen LogP contribution in [0.2, 0.25) is 0 Å². The minimum atomic E-state index is 0.824. The lowest BCUT2D eigenvalue weighted by Gasteiger charge is -2.19. The molecule has 31 heavy (non-hydrogen) atoms. The molecule has 0 spiro atoms. The Bertz CT molecular complexity index is 1200. The van der Waals surface area contributed by atoms with Crippen LogP contribution in [0, 0.1) is 13.8 Å². The Morgan fingerprint density at radius 3 is 1.35 bits per heavy atom. The van der Waals surface area contributed by atoms with Crippen molar-refractivity contribution in [2.45, 2.75) is 13.8 Å². The van der Waals surface area contributed by atoms with Gasteiger partial charge in [-0.2, -0.15) is 0 Å². The van der Waals surface area contributed by atoms with Crippen LogP contribution in [0.15, 0.2) is 103 Å². The lowest BCUT2D eigenvalue weighted by Crippen LogP contribution is -2.12. The number of aromatic nitrogens is 4. The highest BCUT2D eigenvalue weighted by molar-refractivity contribution is 5.72. The second kappa shape index (κ2) is 7.95. The van der Waals surface area contributed by atoms with E-state index < -0.39 is 0 Å². The highest BCUT2D eigenvalue weighted by Crippen LogP contribution is 2.34. The lowest BCUT2D eigenvalue weighted by molar-refractivity contribution is 0.831. The van der Waals surface area contributed by atoms with Gasteiger partial charge < -0.3 is 0 Å². The molecule has 2 aromatic heterocycles. The molecule has 5 aromatic rings. The van der Waals surface area contributed by atoms with Gasteiger partial charge in [0.25, 0.3) is 0 Å². The number of hydrogen-bond donors (Lipinski definition) is 0. The maximum absolute atomic E-state index is 4.94. The third kappa shape index (κ3) is 3.62. The Hall–Kier alpha value is -4.12. The maximum Gasteiger partial charge on any atom is 0.161 e. The van der Waals surface area contributed by atoms with E-state index in [1.165, 1.54) is 0 Å². The van der Waals surface area contributed by atoms with E-state index in [1.807, 2.05) is 64.0 Å². The summed E-state index contributed by atoms with van der Waals surface area (Å²) in [5.74, 6) is 1.65. The normalized spacial score (nSPS) is 10.9. The van der Waals surface area contributed by atoms with Crippen LogP contribution >= 0.6 is 0 Å². The topological polar surface area (TPSA) is 38.9 Å². The molecule has 0 aliphatic carbocycles. The number of para-hydroxylation sites is 3. The number of anilines is 3. The first-order valence-electron chi connectivity index (χ1n) is 10.3. The highest BCUT2D eigenvalue weighted by atomic mass is 15.4. The third-order valence-electron chi connectivity index (χ3n) is 5.22. The van der Waals surface area contributed by atoms with Crippen molar-refractivity contribution in [3.05, 3.63) is 115 Å².